The van der Waals surface area contributed by atoms with Crippen LogP contribution in [0, 0.1) is 18.6 Å². The van der Waals surface area contributed by atoms with Crippen LogP contribution in [0.4, 0.5) is 14.5 Å². The summed E-state index contributed by atoms with van der Waals surface area (Å²) in [6.07, 6.45) is 1.63. The first kappa shape index (κ1) is 17.5. The number of likely N-dealkylation sites (N-methyl/N-ethyl adjacent to an activating group) is 1. The third-order valence-electron chi connectivity index (χ3n) is 4.73. The maximum atomic E-state index is 14.0. The molecule has 7 heteroatoms. The number of pyridine rings is 1. The molecule has 25 heavy (non-hydrogen) atoms. The van der Waals surface area contributed by atoms with E-state index in [-0.39, 0.29) is 24.1 Å². The van der Waals surface area contributed by atoms with E-state index in [2.05, 4.69) is 10.3 Å². The zero-order valence-electron chi connectivity index (χ0n) is 14.2. The highest BCUT2D eigenvalue weighted by Crippen LogP contribution is 2.32. The Labute approximate surface area is 144 Å². The molecule has 1 heterocycles. The summed E-state index contributed by atoms with van der Waals surface area (Å²) in [5.74, 6) is -2.67. The van der Waals surface area contributed by atoms with Crippen molar-refractivity contribution in [3.8, 4) is 0 Å². The van der Waals surface area contributed by atoms with Gasteiger partial charge in [0.15, 0.2) is 11.6 Å². The summed E-state index contributed by atoms with van der Waals surface area (Å²) < 4.78 is 27.4. The van der Waals surface area contributed by atoms with Gasteiger partial charge in [0.25, 0.3) is 0 Å². The van der Waals surface area contributed by atoms with Crippen LogP contribution in [0.1, 0.15) is 25.5 Å². The number of benzene rings is 1. The van der Waals surface area contributed by atoms with E-state index < -0.39 is 17.6 Å². The van der Waals surface area contributed by atoms with E-state index >= 15 is 0 Å². The van der Waals surface area contributed by atoms with Gasteiger partial charge in [0.1, 0.15) is 5.52 Å². The van der Waals surface area contributed by atoms with Crippen molar-refractivity contribution in [1.29, 1.82) is 0 Å². The van der Waals surface area contributed by atoms with Gasteiger partial charge in [0.05, 0.1) is 6.54 Å². The topological polar surface area (TPSA) is 65.5 Å². The Morgan fingerprint density at radius 3 is 2.76 bits per heavy atom. The summed E-state index contributed by atoms with van der Waals surface area (Å²) in [5, 5.41) is 12.9. The Balaban J connectivity index is 1.75. The molecule has 3 rings (SSSR count). The maximum absolute atomic E-state index is 14.0. The minimum absolute atomic E-state index is 0.0273. The molecular formula is C18H21F2N3O2. The Morgan fingerprint density at radius 1 is 1.40 bits per heavy atom. The Bertz CT molecular complexity index is 806. The van der Waals surface area contributed by atoms with Gasteiger partial charge in [0, 0.05) is 28.9 Å². The Kier molecular flexibility index (Phi) is 4.85. The van der Waals surface area contributed by atoms with Gasteiger partial charge in [-0.3, -0.25) is 9.69 Å². The molecule has 0 spiro atoms. The number of carboxylic acid groups (broad SMARTS) is 1. The van der Waals surface area contributed by atoms with Gasteiger partial charge in [-0.15, -0.1) is 0 Å². The molecule has 1 fully saturated rings. The second-order valence-electron chi connectivity index (χ2n) is 6.49. The molecule has 134 valence electrons. The highest BCUT2D eigenvalue weighted by atomic mass is 19.2. The predicted molar refractivity (Wildman–Crippen MR) is 91.7 cm³/mol. The first-order valence-electron chi connectivity index (χ1n) is 8.36. The zero-order chi connectivity index (χ0) is 18.1. The molecule has 1 aromatic carbocycles. The van der Waals surface area contributed by atoms with Crippen molar-refractivity contribution in [2.24, 2.45) is 0 Å². The lowest BCUT2D eigenvalue weighted by molar-refractivity contribution is -0.139. The third-order valence-corrected chi connectivity index (χ3v) is 4.73. The van der Waals surface area contributed by atoms with Crippen molar-refractivity contribution >= 4 is 22.6 Å². The first-order chi connectivity index (χ1) is 11.9. The summed E-state index contributed by atoms with van der Waals surface area (Å²) in [7, 11) is 0. The quantitative estimate of drug-likeness (QED) is 0.839. The van der Waals surface area contributed by atoms with E-state index in [0.717, 1.165) is 24.6 Å². The SMILES string of the molecule is CCN(CC(=O)O)C1CC(Nc2cc(C)nc3c(F)c(F)ccc23)C1. The molecule has 0 atom stereocenters. The summed E-state index contributed by atoms with van der Waals surface area (Å²) in [6.45, 7) is 4.41. The van der Waals surface area contributed by atoms with E-state index in [4.69, 9.17) is 5.11 Å². The lowest BCUT2D eigenvalue weighted by Gasteiger charge is -2.42. The smallest absolute Gasteiger partial charge is 0.317 e. The fraction of sp³-hybridized carbons (Fsp3) is 0.444. The number of anilines is 1. The predicted octanol–water partition coefficient (Wildman–Crippen LogP) is 3.17. The third kappa shape index (κ3) is 3.56. The summed E-state index contributed by atoms with van der Waals surface area (Å²) in [6, 6.07) is 4.85. The van der Waals surface area contributed by atoms with Gasteiger partial charge in [0.2, 0.25) is 0 Å². The van der Waals surface area contributed by atoms with Gasteiger partial charge in [-0.25, -0.2) is 13.8 Å². The number of aliphatic carboxylic acids is 1. The molecule has 0 amide bonds. The van der Waals surface area contributed by atoms with Crippen LogP contribution in [0.5, 0.6) is 0 Å². The number of carbonyl (C=O) groups is 1. The summed E-state index contributed by atoms with van der Waals surface area (Å²) >= 11 is 0. The highest BCUT2D eigenvalue weighted by molar-refractivity contribution is 5.92. The van der Waals surface area contributed by atoms with Crippen molar-refractivity contribution in [2.75, 3.05) is 18.4 Å². The highest BCUT2D eigenvalue weighted by Gasteiger charge is 2.34. The number of rotatable bonds is 6. The standard InChI is InChI=1S/C18H21F2N3O2/c1-3-23(9-16(24)25)12-7-11(8-12)22-15-6-10(2)21-18-13(15)4-5-14(19)17(18)20/h4-6,11-12H,3,7-9H2,1-2H3,(H,21,22)(H,24,25). The number of carboxylic acids is 1. The average Bonchev–Trinajstić information content (AvgIpc) is 2.52. The molecule has 0 aliphatic heterocycles. The van der Waals surface area contributed by atoms with Crippen molar-refractivity contribution in [1.82, 2.24) is 9.88 Å². The molecule has 0 unspecified atom stereocenters. The second-order valence-corrected chi connectivity index (χ2v) is 6.49. The first-order valence-corrected chi connectivity index (χ1v) is 8.36. The maximum Gasteiger partial charge on any atom is 0.317 e. The lowest BCUT2D eigenvalue weighted by Crippen LogP contribution is -2.51. The van der Waals surface area contributed by atoms with E-state index in [9.17, 15) is 13.6 Å². The number of fused-ring (bicyclic) bond motifs is 1. The number of aryl methyl sites for hydroxylation is 1. The molecule has 1 aliphatic carbocycles. The van der Waals surface area contributed by atoms with Gasteiger partial charge in [-0.1, -0.05) is 6.92 Å². The van der Waals surface area contributed by atoms with Crippen LogP contribution in [-0.4, -0.2) is 46.1 Å². The van der Waals surface area contributed by atoms with Crippen LogP contribution < -0.4 is 5.32 Å². The number of hydrogen-bond acceptors (Lipinski definition) is 4. The van der Waals surface area contributed by atoms with E-state index in [1.54, 1.807) is 6.92 Å². The largest absolute Gasteiger partial charge is 0.480 e. The van der Waals surface area contributed by atoms with E-state index in [1.807, 2.05) is 17.9 Å². The van der Waals surface area contributed by atoms with Crippen molar-refractivity contribution in [3.05, 3.63) is 35.5 Å². The number of nitrogens with zero attached hydrogens (tertiary/aromatic N) is 2. The fourth-order valence-corrected chi connectivity index (χ4v) is 3.38. The lowest BCUT2D eigenvalue weighted by atomic mass is 9.85. The molecule has 2 N–H and O–H groups in total. The molecule has 0 bridgehead atoms. The van der Waals surface area contributed by atoms with Crippen LogP contribution in [0.25, 0.3) is 10.9 Å². The van der Waals surface area contributed by atoms with Crippen LogP contribution in [-0.2, 0) is 4.79 Å². The molecule has 5 nitrogen and oxygen atoms in total. The summed E-state index contributed by atoms with van der Waals surface area (Å²) in [4.78, 5) is 16.9. The molecule has 1 aliphatic rings. The number of halogens is 2. The van der Waals surface area contributed by atoms with Crippen LogP contribution in [0.3, 0.4) is 0 Å². The van der Waals surface area contributed by atoms with Gasteiger partial charge >= 0.3 is 5.97 Å². The molecular weight excluding hydrogens is 328 g/mol. The number of nitrogens with one attached hydrogen (secondary N) is 1. The van der Waals surface area contributed by atoms with Crippen molar-refractivity contribution in [3.63, 3.8) is 0 Å². The van der Waals surface area contributed by atoms with Gasteiger partial charge in [-0.2, -0.15) is 0 Å². The van der Waals surface area contributed by atoms with Crippen molar-refractivity contribution in [2.45, 2.75) is 38.8 Å². The van der Waals surface area contributed by atoms with Crippen LogP contribution in [0.15, 0.2) is 18.2 Å². The van der Waals surface area contributed by atoms with Gasteiger partial charge < -0.3 is 10.4 Å². The number of hydrogen-bond donors (Lipinski definition) is 2. The summed E-state index contributed by atoms with van der Waals surface area (Å²) in [5.41, 5.74) is 1.36. The fourth-order valence-electron chi connectivity index (χ4n) is 3.38. The Morgan fingerprint density at radius 2 is 2.12 bits per heavy atom. The molecule has 0 radical (unpaired) electrons. The van der Waals surface area contributed by atoms with Crippen LogP contribution >= 0.6 is 0 Å². The monoisotopic (exact) mass is 349 g/mol. The van der Waals surface area contributed by atoms with Gasteiger partial charge in [-0.05, 0) is 44.5 Å². The average molecular weight is 349 g/mol. The number of aromatic nitrogens is 1. The normalized spacial score (nSPS) is 19.9. The zero-order valence-corrected chi connectivity index (χ0v) is 14.2. The van der Waals surface area contributed by atoms with Crippen LogP contribution in [0.2, 0.25) is 0 Å². The molecule has 1 saturated carbocycles. The van der Waals surface area contributed by atoms with Crippen molar-refractivity contribution < 1.29 is 18.7 Å². The minimum Gasteiger partial charge on any atom is -0.480 e. The Hall–Kier alpha value is -2.28. The second kappa shape index (κ2) is 6.92. The minimum atomic E-state index is -0.936. The van der Waals surface area contributed by atoms with E-state index in [1.165, 1.54) is 6.07 Å². The molecule has 0 saturated heterocycles. The molecule has 2 aromatic rings. The molecule has 1 aromatic heterocycles. The van der Waals surface area contributed by atoms with E-state index in [0.29, 0.717) is 17.6 Å².